The summed E-state index contributed by atoms with van der Waals surface area (Å²) >= 11 is 0. The van der Waals surface area contributed by atoms with Crippen LogP contribution in [0.1, 0.15) is 6.92 Å². The fourth-order valence-electron chi connectivity index (χ4n) is 0.184. The molecule has 0 atom stereocenters. The maximum Gasteiger partial charge on any atom is 0.332 e. The Morgan fingerprint density at radius 1 is 1.89 bits per heavy atom. The second-order valence-electron chi connectivity index (χ2n) is 1.36. The molecule has 48 valence electrons. The Kier molecular flexibility index (Phi) is 3.01. The smallest absolute Gasteiger partial charge is 0.332 e. The van der Waals surface area contributed by atoms with Gasteiger partial charge in [0, 0.05) is 6.20 Å². The summed E-state index contributed by atoms with van der Waals surface area (Å²) in [6.45, 7) is 1.39. The molecule has 0 spiro atoms. The predicted octanol–water partition coefficient (Wildman–Crippen LogP) is 0.727. The molecule has 4 nitrogen and oxygen atoms in total. The van der Waals surface area contributed by atoms with E-state index in [0.717, 1.165) is 6.20 Å². The molecule has 0 rings (SSSR count). The zero-order valence-corrected chi connectivity index (χ0v) is 4.88. The molecule has 0 aromatic carbocycles. The highest BCUT2D eigenvalue weighted by Gasteiger charge is 1.95. The van der Waals surface area contributed by atoms with Crippen molar-refractivity contribution in [2.24, 2.45) is 4.99 Å². The summed E-state index contributed by atoms with van der Waals surface area (Å²) in [6, 6.07) is 1.69. The molecule has 0 aliphatic heterocycles. The van der Waals surface area contributed by atoms with Crippen LogP contribution in [0.3, 0.4) is 0 Å². The molecular formula is C5H6N2O2. The number of nitrogens with zero attached hydrogens (tertiary/aromatic N) is 1. The van der Waals surface area contributed by atoms with Gasteiger partial charge in [0.1, 0.15) is 0 Å². The van der Waals surface area contributed by atoms with Crippen LogP contribution < -0.4 is 0 Å². The number of hydrogen-bond donors (Lipinski definition) is 2. The molecule has 0 aliphatic carbocycles. The Hall–Kier alpha value is -1.41. The molecule has 0 radical (unpaired) electrons. The monoisotopic (exact) mass is 126 g/mol. The molecule has 0 saturated carbocycles. The minimum atomic E-state index is -1.03. The molecule has 0 aromatic heterocycles. The van der Waals surface area contributed by atoms with Crippen molar-refractivity contribution in [1.82, 2.24) is 0 Å². The van der Waals surface area contributed by atoms with Crippen LogP contribution in [0.15, 0.2) is 16.8 Å². The number of aliphatic imine (C=N–C) groups is 1. The summed E-state index contributed by atoms with van der Waals surface area (Å²) in [5.41, 5.74) is 0.0924. The highest BCUT2D eigenvalue weighted by Crippen LogP contribution is 1.89. The van der Waals surface area contributed by atoms with Gasteiger partial charge in [0.25, 0.3) is 0 Å². The van der Waals surface area contributed by atoms with Crippen LogP contribution in [0.25, 0.3) is 0 Å². The lowest BCUT2D eigenvalue weighted by molar-refractivity contribution is -0.132. The van der Waals surface area contributed by atoms with Crippen LogP contribution in [-0.4, -0.2) is 17.1 Å². The lowest BCUT2D eigenvalue weighted by Gasteiger charge is -1.84. The summed E-state index contributed by atoms with van der Waals surface area (Å²) in [6.07, 6.45) is 1.06. The minimum Gasteiger partial charge on any atom is -0.478 e. The Morgan fingerprint density at radius 3 is 2.78 bits per heavy atom. The number of carboxylic acids is 1. The largest absolute Gasteiger partial charge is 0.478 e. The van der Waals surface area contributed by atoms with Crippen molar-refractivity contribution >= 4 is 12.0 Å². The first-order valence-corrected chi connectivity index (χ1v) is 2.20. The molecule has 0 amide bonds. The van der Waals surface area contributed by atoms with Crippen LogP contribution in [0, 0.1) is 5.41 Å². The zero-order chi connectivity index (χ0) is 7.28. The maximum absolute atomic E-state index is 9.99. The average Bonchev–Trinajstić information content (AvgIpc) is 1.82. The van der Waals surface area contributed by atoms with Crippen LogP contribution in [0.5, 0.6) is 0 Å². The lowest BCUT2D eigenvalue weighted by Crippen LogP contribution is -1.94. The molecule has 0 aromatic rings. The van der Waals surface area contributed by atoms with Gasteiger partial charge in [0.15, 0.2) is 0 Å². The van der Waals surface area contributed by atoms with Crippen LogP contribution >= 0.6 is 0 Å². The highest BCUT2D eigenvalue weighted by atomic mass is 16.4. The fraction of sp³-hybridized carbons (Fsp3) is 0.200. The molecule has 0 fully saturated rings. The van der Waals surface area contributed by atoms with Crippen molar-refractivity contribution in [2.45, 2.75) is 6.92 Å². The molecule has 0 saturated heterocycles. The minimum absolute atomic E-state index is 0.0924. The van der Waals surface area contributed by atoms with E-state index < -0.39 is 5.97 Å². The van der Waals surface area contributed by atoms with Crippen molar-refractivity contribution in [1.29, 1.82) is 5.41 Å². The number of nitrogens with one attached hydrogen (secondary N) is 1. The second-order valence-corrected chi connectivity index (χ2v) is 1.36. The summed E-state index contributed by atoms with van der Waals surface area (Å²) < 4.78 is 0. The summed E-state index contributed by atoms with van der Waals surface area (Å²) in [5.74, 6) is -1.03. The quantitative estimate of drug-likeness (QED) is 0.422. The normalized spacial score (nSPS) is 10.1. The predicted molar refractivity (Wildman–Crippen MR) is 31.5 cm³/mol. The first kappa shape index (κ1) is 7.59. The third kappa shape index (κ3) is 3.20. The number of hydrogen-bond acceptors (Lipinski definition) is 3. The van der Waals surface area contributed by atoms with E-state index in [2.05, 4.69) is 4.99 Å². The third-order valence-corrected chi connectivity index (χ3v) is 0.660. The zero-order valence-electron chi connectivity index (χ0n) is 4.88. The van der Waals surface area contributed by atoms with E-state index >= 15 is 0 Å². The average molecular weight is 126 g/mol. The second kappa shape index (κ2) is 3.57. The van der Waals surface area contributed by atoms with E-state index in [4.69, 9.17) is 10.5 Å². The van der Waals surface area contributed by atoms with Crippen molar-refractivity contribution < 1.29 is 9.90 Å². The van der Waals surface area contributed by atoms with Gasteiger partial charge in [-0.3, -0.25) is 0 Å². The van der Waals surface area contributed by atoms with Gasteiger partial charge in [0.2, 0.25) is 0 Å². The van der Waals surface area contributed by atoms with E-state index in [9.17, 15) is 4.79 Å². The van der Waals surface area contributed by atoms with E-state index in [1.807, 2.05) is 0 Å². The van der Waals surface area contributed by atoms with Crippen LogP contribution in [-0.2, 0) is 4.79 Å². The summed E-state index contributed by atoms with van der Waals surface area (Å²) in [5, 5.41) is 14.5. The first-order valence-electron chi connectivity index (χ1n) is 2.20. The Bertz CT molecular complexity index is 189. The van der Waals surface area contributed by atoms with E-state index in [-0.39, 0.29) is 5.57 Å². The molecule has 9 heavy (non-hydrogen) atoms. The standard InChI is InChI=1S/C5H6N2O2/c1-4(5(8)9)2-7-3-6/h2,6H,1H3,(H,8,9). The summed E-state index contributed by atoms with van der Waals surface area (Å²) in [4.78, 5) is 13.2. The molecule has 0 heterocycles. The van der Waals surface area contributed by atoms with Crippen LogP contribution in [0.4, 0.5) is 0 Å². The number of carbonyl (C=O) groups is 1. The van der Waals surface area contributed by atoms with E-state index in [1.54, 1.807) is 6.01 Å². The Labute approximate surface area is 52.0 Å². The lowest BCUT2D eigenvalue weighted by atomic mass is 10.3. The van der Waals surface area contributed by atoms with Gasteiger partial charge in [-0.15, -0.1) is 0 Å². The Morgan fingerprint density at radius 2 is 2.44 bits per heavy atom. The summed E-state index contributed by atoms with van der Waals surface area (Å²) in [7, 11) is 0. The SMILES string of the molecule is CC(=CN=C=N)C(=O)O. The number of carboxylic acid groups (broad SMARTS) is 1. The fourth-order valence-corrected chi connectivity index (χ4v) is 0.184. The van der Waals surface area contributed by atoms with Gasteiger partial charge in [-0.05, 0) is 6.92 Å². The molecule has 0 aliphatic rings. The van der Waals surface area contributed by atoms with Crippen molar-refractivity contribution in [3.8, 4) is 0 Å². The van der Waals surface area contributed by atoms with E-state index in [0.29, 0.717) is 0 Å². The van der Waals surface area contributed by atoms with Crippen molar-refractivity contribution in [2.75, 3.05) is 0 Å². The third-order valence-electron chi connectivity index (χ3n) is 0.660. The molecular weight excluding hydrogens is 120 g/mol. The molecule has 4 heteroatoms. The molecule has 0 bridgehead atoms. The van der Waals surface area contributed by atoms with E-state index in [1.165, 1.54) is 6.92 Å². The number of rotatable bonds is 2. The molecule has 2 N–H and O–H groups in total. The first-order chi connectivity index (χ1) is 4.18. The van der Waals surface area contributed by atoms with Gasteiger partial charge in [-0.1, -0.05) is 0 Å². The Balaban J connectivity index is 4.16. The van der Waals surface area contributed by atoms with Crippen LogP contribution in [0.2, 0.25) is 0 Å². The van der Waals surface area contributed by atoms with Gasteiger partial charge >= 0.3 is 5.97 Å². The number of aliphatic carboxylic acids is 1. The van der Waals surface area contributed by atoms with Gasteiger partial charge in [-0.2, -0.15) is 4.99 Å². The topological polar surface area (TPSA) is 73.5 Å². The van der Waals surface area contributed by atoms with Gasteiger partial charge in [-0.25, -0.2) is 10.2 Å². The highest BCUT2D eigenvalue weighted by molar-refractivity contribution is 5.85. The maximum atomic E-state index is 9.99. The van der Waals surface area contributed by atoms with Gasteiger partial charge in [0.05, 0.1) is 11.6 Å². The van der Waals surface area contributed by atoms with Crippen molar-refractivity contribution in [3.63, 3.8) is 0 Å². The molecule has 0 unspecified atom stereocenters. The van der Waals surface area contributed by atoms with Crippen molar-refractivity contribution in [3.05, 3.63) is 11.8 Å². The van der Waals surface area contributed by atoms with Gasteiger partial charge < -0.3 is 5.11 Å².